The lowest BCUT2D eigenvalue weighted by Crippen LogP contribution is -2.36. The smallest absolute Gasteiger partial charge is 0.241 e. The van der Waals surface area contributed by atoms with E-state index < -0.39 is 6.10 Å². The third kappa shape index (κ3) is 4.22. The second kappa shape index (κ2) is 7.77. The third-order valence-corrected chi connectivity index (χ3v) is 4.17. The molecule has 7 heteroatoms. The molecule has 3 rings (SSSR count). The molecular formula is C16H22ClN3O3. The number of halogens is 1. The van der Waals surface area contributed by atoms with Crippen LogP contribution in [0.1, 0.15) is 25.7 Å². The van der Waals surface area contributed by atoms with Crippen molar-refractivity contribution in [2.75, 3.05) is 23.3 Å². The van der Waals surface area contributed by atoms with Crippen molar-refractivity contribution >= 4 is 35.6 Å². The molecular weight excluding hydrogens is 318 g/mol. The standard InChI is InChI=1S/C16H21N3O3.ClH/c20-13-9-14(17-10-13)16(22)18-11-4-3-5-12(8-11)19-7-2-1-6-15(19)21;/h3-5,8,13-14,17,20H,1-2,6-7,9-10H2,(H,18,22);1H. The average molecular weight is 340 g/mol. The molecule has 2 fully saturated rings. The summed E-state index contributed by atoms with van der Waals surface area (Å²) in [4.78, 5) is 25.9. The van der Waals surface area contributed by atoms with Crippen molar-refractivity contribution in [1.29, 1.82) is 0 Å². The van der Waals surface area contributed by atoms with Crippen LogP contribution in [-0.2, 0) is 9.59 Å². The van der Waals surface area contributed by atoms with E-state index in [9.17, 15) is 14.7 Å². The van der Waals surface area contributed by atoms with E-state index in [2.05, 4.69) is 10.6 Å². The summed E-state index contributed by atoms with van der Waals surface area (Å²) in [5.74, 6) is -0.0195. The van der Waals surface area contributed by atoms with E-state index in [4.69, 9.17) is 0 Å². The molecule has 0 aliphatic carbocycles. The minimum atomic E-state index is -0.465. The fourth-order valence-electron chi connectivity index (χ4n) is 2.98. The van der Waals surface area contributed by atoms with E-state index in [1.807, 2.05) is 18.2 Å². The summed E-state index contributed by atoms with van der Waals surface area (Å²) in [6.07, 6.45) is 2.50. The largest absolute Gasteiger partial charge is 0.392 e. The normalized spacial score (nSPS) is 24.2. The zero-order valence-electron chi connectivity index (χ0n) is 12.8. The Morgan fingerprint density at radius 1 is 1.35 bits per heavy atom. The molecule has 3 N–H and O–H groups in total. The van der Waals surface area contributed by atoms with Crippen LogP contribution in [0.5, 0.6) is 0 Å². The number of nitrogens with one attached hydrogen (secondary N) is 2. The highest BCUT2D eigenvalue weighted by Crippen LogP contribution is 2.24. The Bertz CT molecular complexity index is 581. The maximum atomic E-state index is 12.1. The number of hydrogen-bond acceptors (Lipinski definition) is 4. The number of benzene rings is 1. The molecule has 2 aliphatic rings. The van der Waals surface area contributed by atoms with Crippen LogP contribution >= 0.6 is 12.4 Å². The van der Waals surface area contributed by atoms with Crippen LogP contribution in [-0.4, -0.2) is 42.2 Å². The van der Waals surface area contributed by atoms with Gasteiger partial charge in [-0.1, -0.05) is 6.07 Å². The number of anilines is 2. The molecule has 2 unspecified atom stereocenters. The molecule has 0 spiro atoms. The molecule has 0 saturated carbocycles. The highest BCUT2D eigenvalue weighted by atomic mass is 35.5. The molecule has 0 aromatic heterocycles. The summed E-state index contributed by atoms with van der Waals surface area (Å²) in [7, 11) is 0. The van der Waals surface area contributed by atoms with Crippen molar-refractivity contribution in [3.05, 3.63) is 24.3 Å². The van der Waals surface area contributed by atoms with E-state index in [1.54, 1.807) is 11.0 Å². The minimum Gasteiger partial charge on any atom is -0.392 e. The number of piperidine rings is 1. The molecule has 1 aromatic rings. The molecule has 0 radical (unpaired) electrons. The molecule has 2 amide bonds. The Labute approximate surface area is 141 Å². The van der Waals surface area contributed by atoms with Gasteiger partial charge in [0, 0.05) is 30.9 Å². The van der Waals surface area contributed by atoms with Crippen molar-refractivity contribution in [2.24, 2.45) is 0 Å². The first-order valence-electron chi connectivity index (χ1n) is 7.76. The van der Waals surface area contributed by atoms with Gasteiger partial charge in [0.2, 0.25) is 11.8 Å². The summed E-state index contributed by atoms with van der Waals surface area (Å²) in [5.41, 5.74) is 1.49. The Morgan fingerprint density at radius 3 is 2.87 bits per heavy atom. The molecule has 2 atom stereocenters. The second-order valence-electron chi connectivity index (χ2n) is 5.89. The van der Waals surface area contributed by atoms with Crippen LogP contribution in [0.2, 0.25) is 0 Å². The number of aliphatic hydroxyl groups is 1. The highest BCUT2D eigenvalue weighted by Gasteiger charge is 2.28. The number of carbonyl (C=O) groups excluding carboxylic acids is 2. The SMILES string of the molecule is Cl.O=C(Nc1cccc(N2CCCCC2=O)c1)C1CC(O)CN1. The second-order valence-corrected chi connectivity index (χ2v) is 5.89. The average Bonchev–Trinajstić information content (AvgIpc) is 2.95. The zero-order valence-corrected chi connectivity index (χ0v) is 13.6. The van der Waals surface area contributed by atoms with Gasteiger partial charge in [0.25, 0.3) is 0 Å². The monoisotopic (exact) mass is 339 g/mol. The van der Waals surface area contributed by atoms with Gasteiger partial charge in [0.1, 0.15) is 0 Å². The summed E-state index contributed by atoms with van der Waals surface area (Å²) < 4.78 is 0. The van der Waals surface area contributed by atoms with Crippen molar-refractivity contribution in [1.82, 2.24) is 5.32 Å². The first kappa shape index (κ1) is 17.7. The Kier molecular flexibility index (Phi) is 5.98. The Morgan fingerprint density at radius 2 is 2.17 bits per heavy atom. The van der Waals surface area contributed by atoms with Gasteiger partial charge in [-0.25, -0.2) is 0 Å². The summed E-state index contributed by atoms with van der Waals surface area (Å²) in [6.45, 7) is 1.17. The fourth-order valence-corrected chi connectivity index (χ4v) is 2.98. The first-order chi connectivity index (χ1) is 10.6. The van der Waals surface area contributed by atoms with Gasteiger partial charge in [-0.2, -0.15) is 0 Å². The van der Waals surface area contributed by atoms with Crippen LogP contribution in [0, 0.1) is 0 Å². The molecule has 2 saturated heterocycles. The first-order valence-corrected chi connectivity index (χ1v) is 7.76. The van der Waals surface area contributed by atoms with Crippen molar-refractivity contribution in [3.8, 4) is 0 Å². The van der Waals surface area contributed by atoms with Crippen LogP contribution in [0.15, 0.2) is 24.3 Å². The number of aliphatic hydroxyl groups excluding tert-OH is 1. The molecule has 0 bridgehead atoms. The number of amides is 2. The predicted octanol–water partition coefficient (Wildman–Crippen LogP) is 1.29. The van der Waals surface area contributed by atoms with Crippen molar-refractivity contribution < 1.29 is 14.7 Å². The van der Waals surface area contributed by atoms with Crippen LogP contribution in [0.25, 0.3) is 0 Å². The third-order valence-electron chi connectivity index (χ3n) is 4.17. The Hall–Kier alpha value is -1.63. The van der Waals surface area contributed by atoms with Gasteiger partial charge in [-0.15, -0.1) is 12.4 Å². The predicted molar refractivity (Wildman–Crippen MR) is 90.9 cm³/mol. The van der Waals surface area contributed by atoms with Gasteiger partial charge in [0.15, 0.2) is 0 Å². The van der Waals surface area contributed by atoms with E-state index in [1.165, 1.54) is 0 Å². The molecule has 23 heavy (non-hydrogen) atoms. The zero-order chi connectivity index (χ0) is 15.5. The topological polar surface area (TPSA) is 81.7 Å². The van der Waals surface area contributed by atoms with Crippen LogP contribution in [0.4, 0.5) is 11.4 Å². The van der Waals surface area contributed by atoms with Crippen LogP contribution < -0.4 is 15.5 Å². The quantitative estimate of drug-likeness (QED) is 0.775. The lowest BCUT2D eigenvalue weighted by Gasteiger charge is -2.27. The van der Waals surface area contributed by atoms with Gasteiger partial charge >= 0.3 is 0 Å². The van der Waals surface area contributed by atoms with Gasteiger partial charge in [-0.3, -0.25) is 9.59 Å². The minimum absolute atomic E-state index is 0. The molecule has 2 aliphatic heterocycles. The number of β-amino-alcohol motifs (C(OH)–C–C–N with tert-alkyl or cyclic N) is 1. The molecule has 126 valence electrons. The lowest BCUT2D eigenvalue weighted by atomic mass is 10.1. The summed E-state index contributed by atoms with van der Waals surface area (Å²) in [6, 6.07) is 6.99. The summed E-state index contributed by atoms with van der Waals surface area (Å²) >= 11 is 0. The lowest BCUT2D eigenvalue weighted by molar-refractivity contribution is -0.119. The van der Waals surface area contributed by atoms with Gasteiger partial charge in [-0.05, 0) is 37.5 Å². The number of rotatable bonds is 3. The Balaban J connectivity index is 0.00000192. The van der Waals surface area contributed by atoms with E-state index in [0.29, 0.717) is 25.1 Å². The van der Waals surface area contributed by atoms with Crippen molar-refractivity contribution in [2.45, 2.75) is 37.8 Å². The van der Waals surface area contributed by atoms with Crippen molar-refractivity contribution in [3.63, 3.8) is 0 Å². The number of hydrogen-bond donors (Lipinski definition) is 3. The van der Waals surface area contributed by atoms with Gasteiger partial charge in [0.05, 0.1) is 12.1 Å². The van der Waals surface area contributed by atoms with E-state index >= 15 is 0 Å². The summed E-state index contributed by atoms with van der Waals surface area (Å²) in [5, 5.41) is 15.3. The van der Waals surface area contributed by atoms with Gasteiger partial charge < -0.3 is 20.6 Å². The molecule has 6 nitrogen and oxygen atoms in total. The number of nitrogens with zero attached hydrogens (tertiary/aromatic N) is 1. The maximum Gasteiger partial charge on any atom is 0.241 e. The fraction of sp³-hybridized carbons (Fsp3) is 0.500. The highest BCUT2D eigenvalue weighted by molar-refractivity contribution is 5.97. The number of carbonyl (C=O) groups is 2. The van der Waals surface area contributed by atoms with E-state index in [-0.39, 0.29) is 30.3 Å². The van der Waals surface area contributed by atoms with E-state index in [0.717, 1.165) is 25.1 Å². The molecule has 2 heterocycles. The molecule has 1 aromatic carbocycles. The maximum absolute atomic E-state index is 12.1. The van der Waals surface area contributed by atoms with Crippen LogP contribution in [0.3, 0.4) is 0 Å².